The lowest BCUT2D eigenvalue weighted by Gasteiger charge is -2.09. The number of hydrogen-bond acceptors (Lipinski definition) is 4. The first-order valence-corrected chi connectivity index (χ1v) is 6.34. The molecule has 0 aliphatic rings. The molecule has 20 heavy (non-hydrogen) atoms. The van der Waals surface area contributed by atoms with Crippen LogP contribution in [0.25, 0.3) is 10.8 Å². The molecule has 0 aliphatic carbocycles. The molecule has 5 heteroatoms. The number of hydrogen-bond donors (Lipinski definition) is 1. The summed E-state index contributed by atoms with van der Waals surface area (Å²) in [5.74, 6) is 0.577. The van der Waals surface area contributed by atoms with Crippen LogP contribution in [0.2, 0.25) is 5.15 Å². The predicted octanol–water partition coefficient (Wildman–Crippen LogP) is 3.90. The molecule has 96 valence electrons. The molecule has 0 saturated heterocycles. The predicted molar refractivity (Wildman–Crippen MR) is 79.0 cm³/mol. The monoisotopic (exact) mass is 280 g/mol. The molecule has 2 aromatic carbocycles. The summed E-state index contributed by atoms with van der Waals surface area (Å²) in [6.45, 7) is 0. The van der Waals surface area contributed by atoms with E-state index in [0.717, 1.165) is 10.8 Å². The summed E-state index contributed by atoms with van der Waals surface area (Å²) >= 11 is 6.04. The SMILES string of the molecule is N#Cc1ccccc1Nc1nnc(Cl)c2ccccc12. The molecule has 0 bridgehead atoms. The van der Waals surface area contributed by atoms with Crippen LogP contribution in [0.5, 0.6) is 0 Å². The Morgan fingerprint density at radius 2 is 1.65 bits per heavy atom. The van der Waals surface area contributed by atoms with E-state index in [4.69, 9.17) is 16.9 Å². The van der Waals surface area contributed by atoms with E-state index >= 15 is 0 Å². The molecule has 3 aromatic rings. The molecule has 3 rings (SSSR count). The molecule has 0 radical (unpaired) electrons. The molecule has 1 heterocycles. The van der Waals surface area contributed by atoms with Crippen molar-refractivity contribution in [3.8, 4) is 6.07 Å². The first kappa shape index (κ1) is 12.4. The van der Waals surface area contributed by atoms with Crippen LogP contribution in [0.4, 0.5) is 11.5 Å². The number of halogens is 1. The van der Waals surface area contributed by atoms with Gasteiger partial charge in [0.25, 0.3) is 0 Å². The highest BCUT2D eigenvalue weighted by Crippen LogP contribution is 2.28. The molecule has 0 fully saturated rings. The highest BCUT2D eigenvalue weighted by Gasteiger charge is 2.09. The van der Waals surface area contributed by atoms with Crippen molar-refractivity contribution in [3.63, 3.8) is 0 Å². The lowest BCUT2D eigenvalue weighted by molar-refractivity contribution is 1.05. The molecular weight excluding hydrogens is 272 g/mol. The van der Waals surface area contributed by atoms with E-state index in [2.05, 4.69) is 21.6 Å². The fourth-order valence-corrected chi connectivity index (χ4v) is 2.18. The van der Waals surface area contributed by atoms with Crippen molar-refractivity contribution < 1.29 is 0 Å². The van der Waals surface area contributed by atoms with Crippen molar-refractivity contribution in [1.29, 1.82) is 5.26 Å². The standard InChI is InChI=1S/C15H9ClN4/c16-14-11-6-2-3-7-12(11)15(20-19-14)18-13-8-4-1-5-10(13)9-17/h1-8H,(H,18,20). The van der Waals surface area contributed by atoms with E-state index in [1.807, 2.05) is 42.5 Å². The molecule has 0 aliphatic heterocycles. The Morgan fingerprint density at radius 1 is 0.950 bits per heavy atom. The number of benzene rings is 2. The third kappa shape index (κ3) is 2.15. The van der Waals surface area contributed by atoms with Gasteiger partial charge in [0, 0.05) is 10.8 Å². The molecule has 4 nitrogen and oxygen atoms in total. The van der Waals surface area contributed by atoms with Gasteiger partial charge >= 0.3 is 0 Å². The van der Waals surface area contributed by atoms with Gasteiger partial charge in [-0.05, 0) is 12.1 Å². The topological polar surface area (TPSA) is 61.6 Å². The van der Waals surface area contributed by atoms with Crippen molar-refractivity contribution in [1.82, 2.24) is 10.2 Å². The van der Waals surface area contributed by atoms with Crippen LogP contribution in [0.3, 0.4) is 0 Å². The molecule has 0 spiro atoms. The Labute approximate surface area is 120 Å². The number of nitrogens with zero attached hydrogens (tertiary/aromatic N) is 3. The molecule has 0 unspecified atom stereocenters. The van der Waals surface area contributed by atoms with Crippen LogP contribution in [-0.4, -0.2) is 10.2 Å². The van der Waals surface area contributed by atoms with Crippen LogP contribution in [0.1, 0.15) is 5.56 Å². The van der Waals surface area contributed by atoms with Crippen molar-refractivity contribution in [2.45, 2.75) is 0 Å². The maximum atomic E-state index is 9.11. The van der Waals surface area contributed by atoms with E-state index in [1.165, 1.54) is 0 Å². The van der Waals surface area contributed by atoms with Crippen LogP contribution < -0.4 is 5.32 Å². The second-order valence-electron chi connectivity index (χ2n) is 4.17. The van der Waals surface area contributed by atoms with Crippen molar-refractivity contribution in [2.24, 2.45) is 0 Å². The first-order chi connectivity index (χ1) is 9.79. The minimum Gasteiger partial charge on any atom is -0.337 e. The van der Waals surface area contributed by atoms with Gasteiger partial charge in [-0.2, -0.15) is 5.26 Å². The molecule has 0 amide bonds. The maximum absolute atomic E-state index is 9.11. The number of fused-ring (bicyclic) bond motifs is 1. The van der Waals surface area contributed by atoms with E-state index in [-0.39, 0.29) is 0 Å². The van der Waals surface area contributed by atoms with Gasteiger partial charge in [-0.25, -0.2) is 0 Å². The van der Waals surface area contributed by atoms with Crippen molar-refractivity contribution in [3.05, 3.63) is 59.2 Å². The zero-order valence-corrected chi connectivity index (χ0v) is 11.1. The largest absolute Gasteiger partial charge is 0.337 e. The van der Waals surface area contributed by atoms with Crippen LogP contribution in [-0.2, 0) is 0 Å². The molecular formula is C15H9ClN4. The number of anilines is 2. The highest BCUT2D eigenvalue weighted by molar-refractivity contribution is 6.34. The van der Waals surface area contributed by atoms with Gasteiger partial charge in [0.05, 0.1) is 11.3 Å². The maximum Gasteiger partial charge on any atom is 0.161 e. The number of nitrogens with one attached hydrogen (secondary N) is 1. The molecule has 0 saturated carbocycles. The fraction of sp³-hybridized carbons (Fsp3) is 0. The smallest absolute Gasteiger partial charge is 0.161 e. The van der Waals surface area contributed by atoms with Gasteiger partial charge in [-0.3, -0.25) is 0 Å². The second-order valence-corrected chi connectivity index (χ2v) is 4.53. The third-order valence-electron chi connectivity index (χ3n) is 2.94. The zero-order chi connectivity index (χ0) is 13.9. The zero-order valence-electron chi connectivity index (χ0n) is 10.3. The van der Waals surface area contributed by atoms with Crippen molar-refractivity contribution in [2.75, 3.05) is 5.32 Å². The summed E-state index contributed by atoms with van der Waals surface area (Å²) in [5, 5.41) is 22.3. The van der Waals surface area contributed by atoms with Gasteiger partial charge in [-0.1, -0.05) is 48.0 Å². The average molecular weight is 281 g/mol. The van der Waals surface area contributed by atoms with E-state index in [0.29, 0.717) is 22.2 Å². The quantitative estimate of drug-likeness (QED) is 0.773. The summed E-state index contributed by atoms with van der Waals surface area (Å²) in [5.41, 5.74) is 1.24. The van der Waals surface area contributed by atoms with E-state index < -0.39 is 0 Å². The Kier molecular flexibility index (Phi) is 3.20. The second kappa shape index (κ2) is 5.16. The van der Waals surface area contributed by atoms with Crippen LogP contribution >= 0.6 is 11.6 Å². The minimum atomic E-state index is 0.361. The van der Waals surface area contributed by atoms with Gasteiger partial charge in [0.1, 0.15) is 6.07 Å². The number of nitriles is 1. The van der Waals surface area contributed by atoms with E-state index in [9.17, 15) is 0 Å². The summed E-state index contributed by atoms with van der Waals surface area (Å²) in [6.07, 6.45) is 0. The number of para-hydroxylation sites is 1. The highest BCUT2D eigenvalue weighted by atomic mass is 35.5. The average Bonchev–Trinajstić information content (AvgIpc) is 2.51. The Hall–Kier alpha value is -2.64. The van der Waals surface area contributed by atoms with Crippen LogP contribution in [0, 0.1) is 11.3 Å². The summed E-state index contributed by atoms with van der Waals surface area (Å²) < 4.78 is 0. The van der Waals surface area contributed by atoms with Gasteiger partial charge < -0.3 is 5.32 Å². The normalized spacial score (nSPS) is 10.2. The number of rotatable bonds is 2. The molecule has 1 aromatic heterocycles. The van der Waals surface area contributed by atoms with Gasteiger partial charge in [0.15, 0.2) is 11.0 Å². The summed E-state index contributed by atoms with van der Waals surface area (Å²) in [4.78, 5) is 0. The first-order valence-electron chi connectivity index (χ1n) is 5.96. The lowest BCUT2D eigenvalue weighted by Crippen LogP contribution is -1.99. The van der Waals surface area contributed by atoms with Crippen molar-refractivity contribution >= 4 is 33.9 Å². The van der Waals surface area contributed by atoms with Gasteiger partial charge in [-0.15, -0.1) is 10.2 Å². The summed E-state index contributed by atoms with van der Waals surface area (Å²) in [7, 11) is 0. The lowest BCUT2D eigenvalue weighted by atomic mass is 10.1. The minimum absolute atomic E-state index is 0.361. The fourth-order valence-electron chi connectivity index (χ4n) is 1.98. The van der Waals surface area contributed by atoms with Gasteiger partial charge in [0.2, 0.25) is 0 Å². The van der Waals surface area contributed by atoms with Crippen LogP contribution in [0.15, 0.2) is 48.5 Å². The summed E-state index contributed by atoms with van der Waals surface area (Å²) in [6, 6.07) is 17.0. The Bertz CT molecular complexity index is 823. The molecule has 1 N–H and O–H groups in total. The third-order valence-corrected chi connectivity index (χ3v) is 3.22. The Morgan fingerprint density at radius 3 is 2.45 bits per heavy atom. The van der Waals surface area contributed by atoms with E-state index in [1.54, 1.807) is 6.07 Å². The Balaban J connectivity index is 2.12. The molecule has 0 atom stereocenters. The number of aromatic nitrogens is 2.